The van der Waals surface area contributed by atoms with Crippen LogP contribution in [0.1, 0.15) is 200 Å². The Kier molecular flexibility index (Phi) is 27.7. The Labute approximate surface area is 374 Å². The molecule has 1 saturated heterocycles. The first kappa shape index (κ1) is 54.5. The number of aliphatic hydroxyl groups excluding tert-OH is 2. The van der Waals surface area contributed by atoms with Gasteiger partial charge in [-0.1, -0.05) is 168 Å². The fraction of sp³-hybridized carbons (Fsp3) is 0.844. The van der Waals surface area contributed by atoms with Crippen LogP contribution in [0.15, 0.2) is 6.33 Å². The van der Waals surface area contributed by atoms with Crippen LogP contribution in [-0.4, -0.2) is 90.8 Å². The van der Waals surface area contributed by atoms with Crippen molar-refractivity contribution in [3.8, 4) is 0 Å². The third-order valence-electron chi connectivity index (χ3n) is 11.6. The third kappa shape index (κ3) is 22.3. The SMILES string of the molecule is CCCCCCCCCCCCCCCC(=O)OCC(COP(=O)(O)OC[C@H]1O[C@@H](n2cnc3c(N)nc(F)nc32)[C@@H](O)[C@@H]1O)OC(=O)CCCCCCCCCCCCCCC. The van der Waals surface area contributed by atoms with Gasteiger partial charge in [-0.25, -0.2) is 9.55 Å². The number of carbonyl (C=O) groups is 2. The van der Waals surface area contributed by atoms with E-state index in [0.717, 1.165) is 43.1 Å². The van der Waals surface area contributed by atoms with Gasteiger partial charge < -0.3 is 35.1 Å². The molecule has 2 aromatic rings. The van der Waals surface area contributed by atoms with Gasteiger partial charge in [-0.05, 0) is 12.8 Å². The number of anilines is 1. The van der Waals surface area contributed by atoms with Crippen LogP contribution in [0.2, 0.25) is 0 Å². The van der Waals surface area contributed by atoms with Crippen LogP contribution in [0, 0.1) is 6.08 Å². The minimum absolute atomic E-state index is 0.0412. The number of hydrogen-bond acceptors (Lipinski definition) is 14. The van der Waals surface area contributed by atoms with Crippen LogP contribution >= 0.6 is 7.82 Å². The largest absolute Gasteiger partial charge is 0.472 e. The van der Waals surface area contributed by atoms with Gasteiger partial charge in [0.05, 0.1) is 19.5 Å². The molecule has 0 radical (unpaired) electrons. The lowest BCUT2D eigenvalue weighted by Gasteiger charge is -2.21. The van der Waals surface area contributed by atoms with Gasteiger partial charge in [-0.15, -0.1) is 0 Å². The number of hydrogen-bond donors (Lipinski definition) is 4. The molecule has 3 heterocycles. The van der Waals surface area contributed by atoms with Crippen molar-refractivity contribution in [1.29, 1.82) is 0 Å². The van der Waals surface area contributed by atoms with Crippen molar-refractivity contribution in [1.82, 2.24) is 19.5 Å². The normalized spacial score (nSPS) is 19.1. The molecule has 2 aromatic heterocycles. The topological polar surface area (TPSA) is 228 Å². The van der Waals surface area contributed by atoms with E-state index in [1.54, 1.807) is 0 Å². The minimum Gasteiger partial charge on any atom is -0.462 e. The van der Waals surface area contributed by atoms with E-state index < -0.39 is 69.7 Å². The molecule has 0 bridgehead atoms. The quantitative estimate of drug-likeness (QED) is 0.0213. The van der Waals surface area contributed by atoms with Gasteiger partial charge in [-0.3, -0.25) is 23.2 Å². The highest BCUT2D eigenvalue weighted by Crippen LogP contribution is 2.45. The van der Waals surface area contributed by atoms with Gasteiger partial charge in [0, 0.05) is 12.8 Å². The lowest BCUT2D eigenvalue weighted by Crippen LogP contribution is -2.34. The van der Waals surface area contributed by atoms with E-state index in [4.69, 9.17) is 29.0 Å². The highest BCUT2D eigenvalue weighted by molar-refractivity contribution is 7.47. The summed E-state index contributed by atoms with van der Waals surface area (Å²) < 4.78 is 55.0. The highest BCUT2D eigenvalue weighted by atomic mass is 31.2. The number of nitrogens with two attached hydrogens (primary N) is 1. The molecule has 2 unspecified atom stereocenters. The second-order valence-corrected chi connectivity index (χ2v) is 18.5. The first-order valence-corrected chi connectivity index (χ1v) is 25.6. The summed E-state index contributed by atoms with van der Waals surface area (Å²) in [6.45, 7) is 2.74. The van der Waals surface area contributed by atoms with Crippen LogP contribution in [-0.2, 0) is 37.4 Å². The summed E-state index contributed by atoms with van der Waals surface area (Å²) in [5.41, 5.74) is 5.66. The summed E-state index contributed by atoms with van der Waals surface area (Å²) in [5.74, 6) is -1.26. The number of nitrogens with zero attached hydrogens (tertiary/aromatic N) is 4. The van der Waals surface area contributed by atoms with Crippen molar-refractivity contribution >= 4 is 36.7 Å². The Hall–Kier alpha value is -2.79. The van der Waals surface area contributed by atoms with Crippen LogP contribution < -0.4 is 5.73 Å². The highest BCUT2D eigenvalue weighted by Gasteiger charge is 2.45. The van der Waals surface area contributed by atoms with Crippen LogP contribution in [0.3, 0.4) is 0 Å². The molecule has 362 valence electrons. The average molecular weight is 916 g/mol. The van der Waals surface area contributed by atoms with E-state index in [2.05, 4.69) is 28.8 Å². The molecule has 6 atom stereocenters. The number of aromatic nitrogens is 4. The zero-order chi connectivity index (χ0) is 45.7. The van der Waals surface area contributed by atoms with E-state index in [-0.39, 0.29) is 36.4 Å². The zero-order valence-corrected chi connectivity index (χ0v) is 39.1. The molecule has 0 spiro atoms. The van der Waals surface area contributed by atoms with Gasteiger partial charge >= 0.3 is 25.8 Å². The molecular weight excluding hydrogens is 836 g/mol. The summed E-state index contributed by atoms with van der Waals surface area (Å²) >= 11 is 0. The molecule has 63 heavy (non-hydrogen) atoms. The zero-order valence-electron chi connectivity index (χ0n) is 38.2. The third-order valence-corrected chi connectivity index (χ3v) is 12.5. The molecule has 0 aliphatic carbocycles. The molecule has 1 aliphatic rings. The van der Waals surface area contributed by atoms with E-state index in [0.29, 0.717) is 12.8 Å². The number of rotatable bonds is 38. The predicted molar refractivity (Wildman–Crippen MR) is 239 cm³/mol. The molecule has 18 heteroatoms. The number of phosphoric acid groups is 1. The van der Waals surface area contributed by atoms with Crippen molar-refractivity contribution in [2.24, 2.45) is 0 Å². The first-order valence-electron chi connectivity index (χ1n) is 24.1. The first-order chi connectivity index (χ1) is 30.5. The van der Waals surface area contributed by atoms with E-state index in [9.17, 15) is 33.7 Å². The molecule has 5 N–H and O–H groups in total. The second kappa shape index (κ2) is 32.0. The summed E-state index contributed by atoms with van der Waals surface area (Å²) in [4.78, 5) is 47.1. The number of nitrogen functional groups attached to an aromatic ring is 1. The van der Waals surface area contributed by atoms with E-state index in [1.165, 1.54) is 122 Å². The average Bonchev–Trinajstić information content (AvgIpc) is 3.80. The second-order valence-electron chi connectivity index (χ2n) is 17.1. The number of esters is 2. The Morgan fingerprint density at radius 3 is 1.71 bits per heavy atom. The Morgan fingerprint density at radius 1 is 0.730 bits per heavy atom. The van der Waals surface area contributed by atoms with Crippen LogP contribution in [0.4, 0.5) is 10.2 Å². The number of carbonyl (C=O) groups excluding carboxylic acids is 2. The molecule has 0 amide bonds. The monoisotopic (exact) mass is 916 g/mol. The number of halogens is 1. The van der Waals surface area contributed by atoms with E-state index in [1.807, 2.05) is 0 Å². The standard InChI is InChI=1S/C45H79FN5O11P/c1-3-5-7-9-11-13-15-17-19-21-23-25-27-29-37(52)58-31-35(61-38(53)30-28-26-24-22-20-18-16-14-12-10-8-6-4-2)32-59-63(56,57)60-33-36-40(54)41(55)44(62-36)51-34-48-39-42(47)49-45(46)50-43(39)51/h34-36,40-41,44,54-55H,3-33H2,1-2H3,(H,56,57)(H2,47,49,50)/t35?,36-,40-,41+,44-/m1/s1. The number of imidazole rings is 1. The van der Waals surface area contributed by atoms with Gasteiger partial charge in [0.2, 0.25) is 0 Å². The number of phosphoric ester groups is 1. The minimum atomic E-state index is -4.87. The van der Waals surface area contributed by atoms with Crippen molar-refractivity contribution < 1.29 is 56.9 Å². The van der Waals surface area contributed by atoms with E-state index >= 15 is 0 Å². The lowest BCUT2D eigenvalue weighted by molar-refractivity contribution is -0.161. The van der Waals surface area contributed by atoms with Gasteiger partial charge in [0.15, 0.2) is 29.3 Å². The molecule has 0 aromatic carbocycles. The maximum absolute atomic E-state index is 13.9. The van der Waals surface area contributed by atoms with Gasteiger partial charge in [0.1, 0.15) is 24.9 Å². The summed E-state index contributed by atoms with van der Waals surface area (Å²) in [6.07, 6.45) is 23.7. The Bertz CT molecular complexity index is 1610. The molecular formula is C45H79FN5O11P. The molecule has 16 nitrogen and oxygen atoms in total. The number of unbranched alkanes of at least 4 members (excludes halogenated alkanes) is 24. The Balaban J connectivity index is 1.41. The molecule has 3 rings (SSSR count). The van der Waals surface area contributed by atoms with Crippen LogP contribution in [0.25, 0.3) is 11.2 Å². The summed E-state index contributed by atoms with van der Waals surface area (Å²) in [5, 5.41) is 21.4. The summed E-state index contributed by atoms with van der Waals surface area (Å²) in [7, 11) is -4.87. The predicted octanol–water partition coefficient (Wildman–Crippen LogP) is 9.72. The van der Waals surface area contributed by atoms with Crippen molar-refractivity contribution in [3.63, 3.8) is 0 Å². The van der Waals surface area contributed by atoms with Crippen molar-refractivity contribution in [2.45, 2.75) is 224 Å². The number of ether oxygens (including phenoxy) is 3. The smallest absolute Gasteiger partial charge is 0.462 e. The summed E-state index contributed by atoms with van der Waals surface area (Å²) in [6, 6.07) is 0. The van der Waals surface area contributed by atoms with Gasteiger partial charge in [-0.2, -0.15) is 14.4 Å². The molecule has 0 saturated carbocycles. The number of aliphatic hydroxyl groups is 2. The van der Waals surface area contributed by atoms with Crippen LogP contribution in [0.5, 0.6) is 0 Å². The van der Waals surface area contributed by atoms with Crippen molar-refractivity contribution in [3.05, 3.63) is 12.4 Å². The maximum atomic E-state index is 13.9. The molecule has 1 fully saturated rings. The van der Waals surface area contributed by atoms with Gasteiger partial charge in [0.25, 0.3) is 0 Å². The molecule has 1 aliphatic heterocycles. The fourth-order valence-corrected chi connectivity index (χ4v) is 8.53. The fourth-order valence-electron chi connectivity index (χ4n) is 7.77. The number of fused-ring (bicyclic) bond motifs is 1. The maximum Gasteiger partial charge on any atom is 0.472 e. The van der Waals surface area contributed by atoms with Crippen molar-refractivity contribution in [2.75, 3.05) is 25.6 Å². The Morgan fingerprint density at radius 2 is 1.21 bits per heavy atom. The lowest BCUT2D eigenvalue weighted by atomic mass is 10.0.